The van der Waals surface area contributed by atoms with Gasteiger partial charge in [0.15, 0.2) is 0 Å². The van der Waals surface area contributed by atoms with E-state index < -0.39 is 5.82 Å². The maximum absolute atomic E-state index is 14.4. The number of hydrogen-bond acceptors (Lipinski definition) is 2. The fourth-order valence-corrected chi connectivity index (χ4v) is 3.10. The highest BCUT2D eigenvalue weighted by Gasteiger charge is 2.25. The van der Waals surface area contributed by atoms with Crippen LogP contribution in [0, 0.1) is 12.7 Å². The molecule has 0 spiro atoms. The Morgan fingerprint density at radius 1 is 1.08 bits per heavy atom. The minimum absolute atomic E-state index is 0.0308. The average molecular weight is 352 g/mol. The lowest BCUT2D eigenvalue weighted by molar-refractivity contribution is 0.0651. The predicted molar refractivity (Wildman–Crippen MR) is 97.6 cm³/mol. The van der Waals surface area contributed by atoms with Crippen molar-refractivity contribution in [2.24, 2.45) is 0 Å². The average Bonchev–Trinajstić information content (AvgIpc) is 3.39. The Labute approximate surface area is 152 Å². The summed E-state index contributed by atoms with van der Waals surface area (Å²) in [6, 6.07) is 10.4. The minimum atomic E-state index is -0.399. The second-order valence-corrected chi connectivity index (χ2v) is 7.10. The first-order valence-corrected chi connectivity index (χ1v) is 9.03. The number of likely N-dealkylation sites (tertiary alicyclic amines) is 1. The molecular weight excluding hydrogens is 331 g/mol. The SMILES string of the molecule is Cc1c(F)cc(C(=O)NC2CC2)cc1-c1ccc(C(=O)N2CCC2)cc1. The molecule has 134 valence electrons. The molecule has 0 unspecified atom stereocenters. The van der Waals surface area contributed by atoms with Crippen LogP contribution >= 0.6 is 0 Å². The van der Waals surface area contributed by atoms with Gasteiger partial charge in [-0.05, 0) is 67.1 Å². The van der Waals surface area contributed by atoms with Gasteiger partial charge in [-0.25, -0.2) is 4.39 Å². The van der Waals surface area contributed by atoms with Crippen LogP contribution in [0.1, 0.15) is 45.5 Å². The quantitative estimate of drug-likeness (QED) is 0.915. The first-order chi connectivity index (χ1) is 12.5. The van der Waals surface area contributed by atoms with Crippen LogP contribution in [0.5, 0.6) is 0 Å². The first-order valence-electron chi connectivity index (χ1n) is 9.03. The van der Waals surface area contributed by atoms with Crippen molar-refractivity contribution in [3.8, 4) is 11.1 Å². The molecule has 2 aliphatic rings. The van der Waals surface area contributed by atoms with Crippen LogP contribution < -0.4 is 5.32 Å². The lowest BCUT2D eigenvalue weighted by Gasteiger charge is -2.30. The molecule has 2 aromatic rings. The number of rotatable bonds is 4. The third kappa shape index (κ3) is 3.21. The summed E-state index contributed by atoms with van der Waals surface area (Å²) in [4.78, 5) is 26.3. The number of carbonyl (C=O) groups excluding carboxylic acids is 2. The van der Waals surface area contributed by atoms with E-state index in [0.29, 0.717) is 22.3 Å². The van der Waals surface area contributed by atoms with Gasteiger partial charge in [-0.15, -0.1) is 0 Å². The zero-order valence-electron chi connectivity index (χ0n) is 14.7. The standard InChI is InChI=1S/C21H21FN2O2/c1-13-18(11-16(12-19(13)22)20(25)23-17-7-8-17)14-3-5-15(6-4-14)21(26)24-9-2-10-24/h3-6,11-12,17H,2,7-10H2,1H3,(H,23,25). The van der Waals surface area contributed by atoms with Gasteiger partial charge >= 0.3 is 0 Å². The highest BCUT2D eigenvalue weighted by Crippen LogP contribution is 2.28. The second-order valence-electron chi connectivity index (χ2n) is 7.10. The van der Waals surface area contributed by atoms with E-state index in [1.54, 1.807) is 25.1 Å². The molecule has 1 saturated heterocycles. The Bertz CT molecular complexity index is 868. The third-order valence-electron chi connectivity index (χ3n) is 5.11. The molecule has 0 aromatic heterocycles. The van der Waals surface area contributed by atoms with Gasteiger partial charge in [-0.3, -0.25) is 9.59 Å². The molecule has 2 fully saturated rings. The van der Waals surface area contributed by atoms with Crippen molar-refractivity contribution in [2.75, 3.05) is 13.1 Å². The van der Waals surface area contributed by atoms with Gasteiger partial charge < -0.3 is 10.2 Å². The lowest BCUT2D eigenvalue weighted by atomic mass is 9.96. The number of benzene rings is 2. The maximum atomic E-state index is 14.4. The van der Waals surface area contributed by atoms with Crippen LogP contribution in [0.25, 0.3) is 11.1 Å². The van der Waals surface area contributed by atoms with Crippen molar-refractivity contribution in [2.45, 2.75) is 32.2 Å². The summed E-state index contributed by atoms with van der Waals surface area (Å²) in [5.41, 5.74) is 2.93. The van der Waals surface area contributed by atoms with Crippen molar-refractivity contribution in [3.05, 3.63) is 58.9 Å². The summed E-state index contributed by atoms with van der Waals surface area (Å²) >= 11 is 0. The summed E-state index contributed by atoms with van der Waals surface area (Å²) in [5.74, 6) is -0.607. The fraction of sp³-hybridized carbons (Fsp3) is 0.333. The number of hydrogen-bond donors (Lipinski definition) is 1. The van der Waals surface area contributed by atoms with Gasteiger partial charge in [0.2, 0.25) is 0 Å². The molecule has 1 heterocycles. The Hall–Kier alpha value is -2.69. The molecule has 0 radical (unpaired) electrons. The molecular formula is C21H21FN2O2. The number of nitrogens with zero attached hydrogens (tertiary/aromatic N) is 1. The summed E-state index contributed by atoms with van der Waals surface area (Å²) in [7, 11) is 0. The monoisotopic (exact) mass is 352 g/mol. The van der Waals surface area contributed by atoms with Gasteiger partial charge in [0.25, 0.3) is 11.8 Å². The van der Waals surface area contributed by atoms with E-state index in [4.69, 9.17) is 0 Å². The van der Waals surface area contributed by atoms with Crippen LogP contribution in [-0.2, 0) is 0 Å². The summed E-state index contributed by atoms with van der Waals surface area (Å²) < 4.78 is 14.4. The summed E-state index contributed by atoms with van der Waals surface area (Å²) in [5, 5.41) is 2.89. The Morgan fingerprint density at radius 3 is 2.35 bits per heavy atom. The lowest BCUT2D eigenvalue weighted by Crippen LogP contribution is -2.41. The topological polar surface area (TPSA) is 49.4 Å². The molecule has 0 atom stereocenters. The van der Waals surface area contributed by atoms with Crippen LogP contribution in [0.2, 0.25) is 0 Å². The first kappa shape index (κ1) is 16.8. The molecule has 1 saturated carbocycles. The largest absolute Gasteiger partial charge is 0.349 e. The molecule has 4 rings (SSSR count). The van der Waals surface area contributed by atoms with Crippen molar-refractivity contribution in [3.63, 3.8) is 0 Å². The number of halogens is 1. The van der Waals surface area contributed by atoms with E-state index in [-0.39, 0.29) is 17.9 Å². The maximum Gasteiger partial charge on any atom is 0.253 e. The smallest absolute Gasteiger partial charge is 0.253 e. The second kappa shape index (κ2) is 6.56. The van der Waals surface area contributed by atoms with E-state index in [0.717, 1.165) is 37.9 Å². The van der Waals surface area contributed by atoms with E-state index >= 15 is 0 Å². The summed E-state index contributed by atoms with van der Waals surface area (Å²) in [6.45, 7) is 3.32. The van der Waals surface area contributed by atoms with Crippen LogP contribution in [-0.4, -0.2) is 35.8 Å². The van der Waals surface area contributed by atoms with Crippen LogP contribution in [0.4, 0.5) is 4.39 Å². The number of carbonyl (C=O) groups is 2. The van der Waals surface area contributed by atoms with Gasteiger partial charge in [0, 0.05) is 30.3 Å². The van der Waals surface area contributed by atoms with Gasteiger partial charge in [-0.1, -0.05) is 12.1 Å². The Morgan fingerprint density at radius 2 is 1.77 bits per heavy atom. The molecule has 1 N–H and O–H groups in total. The molecule has 2 amide bonds. The molecule has 5 heteroatoms. The molecule has 1 aliphatic heterocycles. The van der Waals surface area contributed by atoms with E-state index in [2.05, 4.69) is 5.32 Å². The highest BCUT2D eigenvalue weighted by molar-refractivity contribution is 5.97. The van der Waals surface area contributed by atoms with Gasteiger partial charge in [0.1, 0.15) is 5.82 Å². The van der Waals surface area contributed by atoms with Gasteiger partial charge in [0.05, 0.1) is 0 Å². The molecule has 2 aromatic carbocycles. The molecule has 1 aliphatic carbocycles. The molecule has 0 bridgehead atoms. The van der Waals surface area contributed by atoms with E-state index in [1.165, 1.54) is 6.07 Å². The minimum Gasteiger partial charge on any atom is -0.349 e. The van der Waals surface area contributed by atoms with E-state index in [9.17, 15) is 14.0 Å². The highest BCUT2D eigenvalue weighted by atomic mass is 19.1. The third-order valence-corrected chi connectivity index (χ3v) is 5.11. The summed E-state index contributed by atoms with van der Waals surface area (Å²) in [6.07, 6.45) is 3.02. The molecule has 26 heavy (non-hydrogen) atoms. The van der Waals surface area contributed by atoms with Crippen LogP contribution in [0.3, 0.4) is 0 Å². The molecule has 4 nitrogen and oxygen atoms in total. The van der Waals surface area contributed by atoms with Crippen LogP contribution in [0.15, 0.2) is 36.4 Å². The van der Waals surface area contributed by atoms with E-state index in [1.807, 2.05) is 17.0 Å². The Balaban J connectivity index is 1.62. The fourth-order valence-electron chi connectivity index (χ4n) is 3.10. The zero-order chi connectivity index (χ0) is 18.3. The normalized spacial score (nSPS) is 16.2. The van der Waals surface area contributed by atoms with Crippen molar-refractivity contribution >= 4 is 11.8 Å². The zero-order valence-corrected chi connectivity index (χ0v) is 14.7. The number of amides is 2. The number of nitrogens with one attached hydrogen (secondary N) is 1. The Kier molecular flexibility index (Phi) is 4.23. The van der Waals surface area contributed by atoms with Crippen molar-refractivity contribution in [1.82, 2.24) is 10.2 Å². The van der Waals surface area contributed by atoms with Gasteiger partial charge in [-0.2, -0.15) is 0 Å². The van der Waals surface area contributed by atoms with Crippen molar-refractivity contribution in [1.29, 1.82) is 0 Å². The predicted octanol–water partition coefficient (Wildman–Crippen LogP) is 3.54. The van der Waals surface area contributed by atoms with Crippen molar-refractivity contribution < 1.29 is 14.0 Å².